The average Bonchev–Trinajstić information content (AvgIpc) is 1.80. The van der Waals surface area contributed by atoms with Crippen molar-refractivity contribution >= 4 is 10.5 Å². The van der Waals surface area contributed by atoms with Gasteiger partial charge in [0.2, 0.25) is 0 Å². The topological polar surface area (TPSA) is 46.6 Å². The van der Waals surface area contributed by atoms with Crippen molar-refractivity contribution in [2.45, 2.75) is 12.2 Å². The number of hydrogen-bond acceptors (Lipinski definition) is 4. The summed E-state index contributed by atoms with van der Waals surface area (Å²) in [6.07, 6.45) is -6.22. The Hall–Kier alpha value is -0.620. The third-order valence-corrected chi connectivity index (χ3v) is 1.18. The number of hydrogen-bond donors (Lipinski definition) is 0. The van der Waals surface area contributed by atoms with Gasteiger partial charge < -0.3 is 0 Å². The predicted octanol–water partition coefficient (Wildman–Crippen LogP) is 1.47. The monoisotopic (exact) mass is 251 g/mol. The van der Waals surface area contributed by atoms with Gasteiger partial charge >= 0.3 is 22.7 Å². The van der Waals surface area contributed by atoms with Crippen LogP contribution in [0.15, 0.2) is 0 Å². The Bertz CT molecular complexity index is 298. The molecule has 0 saturated heterocycles. The highest BCUT2D eigenvalue weighted by atomic mass is 32.3. The molecule has 0 heterocycles. The van der Waals surface area contributed by atoms with Crippen LogP contribution in [0.4, 0.5) is 30.4 Å². The van der Waals surface area contributed by atoms with Gasteiger partial charge in [-0.3, -0.25) is 0 Å². The molecule has 0 bridgehead atoms. The van der Waals surface area contributed by atoms with Crippen LogP contribution in [0.1, 0.15) is 0 Å². The zero-order chi connectivity index (χ0) is 11.8. The lowest BCUT2D eigenvalue weighted by atomic mass is 10.5. The first-order chi connectivity index (χ1) is 5.90. The van der Waals surface area contributed by atoms with Crippen LogP contribution in [0.2, 0.25) is 0 Å². The van der Waals surface area contributed by atoms with Crippen molar-refractivity contribution in [2.24, 2.45) is 0 Å². The van der Waals surface area contributed by atoms with Crippen LogP contribution in [-0.4, -0.2) is 25.9 Å². The van der Waals surface area contributed by atoms with Crippen LogP contribution in [0.5, 0.6) is 0 Å². The van der Waals surface area contributed by atoms with Gasteiger partial charge in [0.25, 0.3) is 0 Å². The molecule has 0 aliphatic rings. The molecule has 0 rings (SSSR count). The largest absolute Gasteiger partial charge is 0.455 e. The fraction of sp³-hybridized carbons (Fsp3) is 1.00. The summed E-state index contributed by atoms with van der Waals surface area (Å²) in [6, 6.07) is -6.27. The maximum Gasteiger partial charge on any atom is 0.455 e. The van der Waals surface area contributed by atoms with E-state index in [0.29, 0.717) is 0 Å². The van der Waals surface area contributed by atoms with Gasteiger partial charge in [-0.2, -0.15) is 30.2 Å². The highest BCUT2D eigenvalue weighted by Crippen LogP contribution is 2.39. The minimum absolute atomic E-state index is 1.85. The van der Waals surface area contributed by atoms with E-state index < -0.39 is 28.0 Å². The minimum atomic E-state index is -6.49. The highest BCUT2D eigenvalue weighted by molar-refractivity contribution is 7.81. The fourth-order valence-electron chi connectivity index (χ4n) is 0.274. The third kappa shape index (κ3) is 2.95. The van der Waals surface area contributed by atoms with E-state index in [-0.39, 0.29) is 0 Å². The van der Waals surface area contributed by atoms with Gasteiger partial charge in [-0.25, -0.2) is 0 Å². The van der Waals surface area contributed by atoms with Gasteiger partial charge in [0, 0.05) is 0 Å². The van der Waals surface area contributed by atoms with E-state index in [4.69, 9.17) is 0 Å². The molecule has 0 aliphatic heterocycles. The summed E-state index contributed by atoms with van der Waals surface area (Å²) in [7, 11) is -6.49. The SMILES string of the molecule is O=S(=O)(F)OC(F)(F)C(F)(F)N(F)F. The van der Waals surface area contributed by atoms with E-state index in [1.807, 2.05) is 4.18 Å². The van der Waals surface area contributed by atoms with E-state index in [1.54, 1.807) is 0 Å². The number of rotatable bonds is 4. The Morgan fingerprint density at radius 1 is 1.07 bits per heavy atom. The Kier molecular flexibility index (Phi) is 3.35. The number of nitrogens with zero attached hydrogens (tertiary/aromatic N) is 1. The normalized spacial score (nSPS) is 14.9. The lowest BCUT2D eigenvalue weighted by molar-refractivity contribution is -0.440. The van der Waals surface area contributed by atoms with Crippen molar-refractivity contribution in [1.82, 2.24) is 5.34 Å². The van der Waals surface area contributed by atoms with Gasteiger partial charge in [-0.05, 0) is 0 Å². The Morgan fingerprint density at radius 2 is 1.43 bits per heavy atom. The molecule has 0 saturated carbocycles. The molecule has 0 aromatic heterocycles. The standard InChI is InChI=1S/C2F7NO3S/c3-1(4,10(7)8)2(5,6)13-14(9,11)12. The van der Waals surface area contributed by atoms with E-state index >= 15 is 0 Å². The van der Waals surface area contributed by atoms with Crippen LogP contribution in [0, 0.1) is 0 Å². The summed E-state index contributed by atoms with van der Waals surface area (Å²) in [4.78, 5) is 0. The predicted molar refractivity (Wildman–Crippen MR) is 25.1 cm³/mol. The summed E-state index contributed by atoms with van der Waals surface area (Å²) >= 11 is 0. The van der Waals surface area contributed by atoms with Crippen molar-refractivity contribution < 1.29 is 43.0 Å². The first-order valence-corrected chi connectivity index (χ1v) is 3.73. The van der Waals surface area contributed by atoms with Gasteiger partial charge in [-0.15, -0.1) is 0 Å². The molecule has 0 aliphatic carbocycles. The average molecular weight is 251 g/mol. The molecule has 4 nitrogen and oxygen atoms in total. The Morgan fingerprint density at radius 3 is 1.64 bits per heavy atom. The third-order valence-electron chi connectivity index (χ3n) is 0.767. The molecule has 0 aromatic carbocycles. The number of halogens is 7. The van der Waals surface area contributed by atoms with Crippen molar-refractivity contribution in [1.29, 1.82) is 0 Å². The van der Waals surface area contributed by atoms with Crippen LogP contribution >= 0.6 is 0 Å². The first kappa shape index (κ1) is 13.4. The zero-order valence-electron chi connectivity index (χ0n) is 5.73. The van der Waals surface area contributed by atoms with Crippen LogP contribution in [0.25, 0.3) is 0 Å². The van der Waals surface area contributed by atoms with E-state index in [1.165, 1.54) is 0 Å². The molecular formula is C2F7NO3S. The van der Waals surface area contributed by atoms with Gasteiger partial charge in [0.1, 0.15) is 5.34 Å². The van der Waals surface area contributed by atoms with E-state index in [2.05, 4.69) is 0 Å². The zero-order valence-corrected chi connectivity index (χ0v) is 6.54. The molecule has 0 atom stereocenters. The molecule has 0 unspecified atom stereocenters. The van der Waals surface area contributed by atoms with E-state index in [0.717, 1.165) is 0 Å². The van der Waals surface area contributed by atoms with Crippen molar-refractivity contribution in [3.8, 4) is 0 Å². The molecular weight excluding hydrogens is 251 g/mol. The van der Waals surface area contributed by atoms with E-state index in [9.17, 15) is 38.8 Å². The van der Waals surface area contributed by atoms with Crippen LogP contribution in [0.3, 0.4) is 0 Å². The maximum atomic E-state index is 11.8. The molecule has 0 fully saturated rings. The smallest absolute Gasteiger partial charge is 0.173 e. The lowest BCUT2D eigenvalue weighted by Gasteiger charge is -2.22. The second kappa shape index (κ2) is 3.51. The fourth-order valence-corrected chi connectivity index (χ4v) is 0.624. The second-order valence-corrected chi connectivity index (χ2v) is 2.72. The van der Waals surface area contributed by atoms with Crippen molar-refractivity contribution in [2.75, 3.05) is 0 Å². The second-order valence-electron chi connectivity index (χ2n) is 1.77. The summed E-state index contributed by atoms with van der Waals surface area (Å²) in [5.41, 5.74) is 0. The summed E-state index contributed by atoms with van der Waals surface area (Å²) < 4.78 is 101. The van der Waals surface area contributed by atoms with Gasteiger partial charge in [0.05, 0.1) is 0 Å². The molecule has 86 valence electrons. The van der Waals surface area contributed by atoms with Crippen LogP contribution in [-0.2, 0) is 14.7 Å². The molecule has 0 spiro atoms. The molecule has 12 heteroatoms. The molecule has 14 heavy (non-hydrogen) atoms. The van der Waals surface area contributed by atoms with Gasteiger partial charge in [0.15, 0.2) is 0 Å². The molecule has 0 amide bonds. The van der Waals surface area contributed by atoms with Gasteiger partial charge in [-0.1, -0.05) is 12.8 Å². The van der Waals surface area contributed by atoms with Crippen molar-refractivity contribution in [3.63, 3.8) is 0 Å². The summed E-state index contributed by atoms with van der Waals surface area (Å²) in [6.45, 7) is 0. The molecule has 0 radical (unpaired) electrons. The lowest BCUT2D eigenvalue weighted by Crippen LogP contribution is -2.50. The first-order valence-electron chi connectivity index (χ1n) is 2.43. The molecule has 0 aromatic rings. The number of alkyl halides is 4. The van der Waals surface area contributed by atoms with Crippen LogP contribution < -0.4 is 0 Å². The van der Waals surface area contributed by atoms with Crippen molar-refractivity contribution in [3.05, 3.63) is 0 Å². The molecule has 0 N–H and O–H groups in total. The summed E-state index contributed by atoms with van der Waals surface area (Å²) in [5, 5.41) is -3.31. The summed E-state index contributed by atoms with van der Waals surface area (Å²) in [5.74, 6) is 0. The Balaban J connectivity index is 4.96. The minimum Gasteiger partial charge on any atom is -0.173 e. The Labute approximate surface area is 72.1 Å². The maximum absolute atomic E-state index is 11.8. The quantitative estimate of drug-likeness (QED) is 0.328. The highest BCUT2D eigenvalue weighted by Gasteiger charge is 2.67.